The van der Waals surface area contributed by atoms with Crippen LogP contribution in [0, 0.1) is 5.82 Å². The molecule has 0 radical (unpaired) electrons. The van der Waals surface area contributed by atoms with Gasteiger partial charge in [-0.25, -0.2) is 9.37 Å². The topological polar surface area (TPSA) is 39.6 Å². The van der Waals surface area contributed by atoms with Crippen molar-refractivity contribution in [2.75, 3.05) is 32.1 Å². The number of rotatable bonds is 3. The minimum absolute atomic E-state index is 0.115. The van der Waals surface area contributed by atoms with Crippen molar-refractivity contribution < 1.29 is 9.50 Å². The van der Waals surface area contributed by atoms with Crippen LogP contribution in [0.2, 0.25) is 0 Å². The summed E-state index contributed by atoms with van der Waals surface area (Å²) in [6.07, 6.45) is 1.84. The van der Waals surface area contributed by atoms with E-state index >= 15 is 0 Å². The van der Waals surface area contributed by atoms with E-state index in [1.165, 1.54) is 6.07 Å². The van der Waals surface area contributed by atoms with Crippen molar-refractivity contribution in [2.45, 2.75) is 18.6 Å². The summed E-state index contributed by atoms with van der Waals surface area (Å²) in [5, 5.41) is 9.72. The fourth-order valence-corrected chi connectivity index (χ4v) is 2.33. The van der Waals surface area contributed by atoms with Gasteiger partial charge in [-0.1, -0.05) is 0 Å². The van der Waals surface area contributed by atoms with E-state index in [0.717, 1.165) is 6.54 Å². The van der Waals surface area contributed by atoms with Gasteiger partial charge in [0.25, 0.3) is 0 Å². The average Bonchev–Trinajstić information content (AvgIpc) is 2.59. The predicted molar refractivity (Wildman–Crippen MR) is 64.5 cm³/mol. The molecular formula is C12H18FN3O. The predicted octanol–water partition coefficient (Wildman–Crippen LogP) is 0.722. The van der Waals surface area contributed by atoms with Crippen molar-refractivity contribution in [3.05, 3.63) is 24.1 Å². The second-order valence-electron chi connectivity index (χ2n) is 4.77. The quantitative estimate of drug-likeness (QED) is 0.844. The number of hydrogen-bond donors (Lipinski definition) is 1. The fraction of sp³-hybridized carbons (Fsp3) is 0.583. The third kappa shape index (κ3) is 2.73. The molecule has 0 aromatic carbocycles. The van der Waals surface area contributed by atoms with Crippen molar-refractivity contribution in [3.63, 3.8) is 0 Å². The van der Waals surface area contributed by atoms with Gasteiger partial charge in [-0.2, -0.15) is 0 Å². The van der Waals surface area contributed by atoms with Gasteiger partial charge in [0.05, 0.1) is 6.10 Å². The Morgan fingerprint density at radius 2 is 2.35 bits per heavy atom. The Hall–Kier alpha value is -1.20. The lowest BCUT2D eigenvalue weighted by Gasteiger charge is -2.27. The van der Waals surface area contributed by atoms with Crippen LogP contribution in [-0.4, -0.2) is 54.3 Å². The summed E-state index contributed by atoms with van der Waals surface area (Å²) in [5.41, 5.74) is 0. The van der Waals surface area contributed by atoms with Crippen LogP contribution in [-0.2, 0) is 0 Å². The first-order valence-electron chi connectivity index (χ1n) is 5.78. The lowest BCUT2D eigenvalue weighted by Crippen LogP contribution is -2.38. The van der Waals surface area contributed by atoms with Crippen molar-refractivity contribution in [3.8, 4) is 0 Å². The van der Waals surface area contributed by atoms with Gasteiger partial charge < -0.3 is 14.9 Å². The van der Waals surface area contributed by atoms with E-state index in [0.29, 0.717) is 18.8 Å². The first-order chi connectivity index (χ1) is 8.08. The summed E-state index contributed by atoms with van der Waals surface area (Å²) < 4.78 is 13.7. The highest BCUT2D eigenvalue weighted by atomic mass is 19.1. The van der Waals surface area contributed by atoms with Crippen LogP contribution in [0.3, 0.4) is 0 Å². The van der Waals surface area contributed by atoms with Crippen LogP contribution >= 0.6 is 0 Å². The molecular weight excluding hydrogens is 221 g/mol. The lowest BCUT2D eigenvalue weighted by molar-refractivity contribution is 0.191. The zero-order chi connectivity index (χ0) is 12.4. The third-order valence-electron chi connectivity index (χ3n) is 2.98. The standard InChI is InChI=1S/C12H18FN3O/c1-15(2)7-9-6-10(17)8-16(9)12-11(13)4-3-5-14-12/h3-5,9-10,17H,6-8H2,1-2H3. The van der Waals surface area contributed by atoms with E-state index < -0.39 is 6.10 Å². The van der Waals surface area contributed by atoms with Crippen LogP contribution in [0.1, 0.15) is 6.42 Å². The summed E-state index contributed by atoms with van der Waals surface area (Å²) >= 11 is 0. The van der Waals surface area contributed by atoms with Crippen molar-refractivity contribution in [1.82, 2.24) is 9.88 Å². The van der Waals surface area contributed by atoms with Gasteiger partial charge in [0.2, 0.25) is 0 Å². The Kier molecular flexibility index (Phi) is 3.59. The second kappa shape index (κ2) is 4.98. The van der Waals surface area contributed by atoms with E-state index in [4.69, 9.17) is 0 Å². The molecule has 0 amide bonds. The number of anilines is 1. The van der Waals surface area contributed by atoms with Gasteiger partial charge >= 0.3 is 0 Å². The van der Waals surface area contributed by atoms with E-state index in [1.54, 1.807) is 12.3 Å². The van der Waals surface area contributed by atoms with E-state index in [2.05, 4.69) is 4.98 Å². The fourth-order valence-electron chi connectivity index (χ4n) is 2.33. The number of nitrogens with zero attached hydrogens (tertiary/aromatic N) is 3. The van der Waals surface area contributed by atoms with Crippen LogP contribution in [0.5, 0.6) is 0 Å². The maximum atomic E-state index is 13.7. The van der Waals surface area contributed by atoms with Gasteiger partial charge in [0.15, 0.2) is 11.6 Å². The molecule has 5 heteroatoms. The normalized spacial score (nSPS) is 24.6. The number of aliphatic hydroxyl groups is 1. The Balaban J connectivity index is 2.21. The van der Waals surface area contributed by atoms with Crippen molar-refractivity contribution >= 4 is 5.82 Å². The molecule has 94 valence electrons. The molecule has 1 fully saturated rings. The Labute approximate surface area is 101 Å². The molecule has 0 bridgehead atoms. The molecule has 1 aliphatic rings. The highest BCUT2D eigenvalue weighted by Gasteiger charge is 2.33. The van der Waals surface area contributed by atoms with Crippen LogP contribution < -0.4 is 4.90 Å². The van der Waals surface area contributed by atoms with Crippen molar-refractivity contribution in [1.29, 1.82) is 0 Å². The number of aromatic nitrogens is 1. The number of hydrogen-bond acceptors (Lipinski definition) is 4. The maximum absolute atomic E-state index is 13.7. The van der Waals surface area contributed by atoms with Gasteiger partial charge in [0, 0.05) is 25.3 Å². The molecule has 1 aromatic rings. The zero-order valence-corrected chi connectivity index (χ0v) is 10.2. The molecule has 1 N–H and O–H groups in total. The molecule has 0 spiro atoms. The average molecular weight is 239 g/mol. The highest BCUT2D eigenvalue weighted by Crippen LogP contribution is 2.26. The Morgan fingerprint density at radius 1 is 1.59 bits per heavy atom. The lowest BCUT2D eigenvalue weighted by atomic mass is 10.2. The monoisotopic (exact) mass is 239 g/mol. The number of halogens is 1. The zero-order valence-electron chi connectivity index (χ0n) is 10.2. The van der Waals surface area contributed by atoms with E-state index in [9.17, 15) is 9.50 Å². The van der Waals surface area contributed by atoms with E-state index in [1.807, 2.05) is 23.9 Å². The first kappa shape index (κ1) is 12.3. The molecule has 4 nitrogen and oxygen atoms in total. The van der Waals surface area contributed by atoms with Gasteiger partial charge in [-0.15, -0.1) is 0 Å². The summed E-state index contributed by atoms with van der Waals surface area (Å²) in [5.74, 6) is 0.0151. The molecule has 1 saturated heterocycles. The highest BCUT2D eigenvalue weighted by molar-refractivity contribution is 5.43. The molecule has 2 rings (SSSR count). The third-order valence-corrected chi connectivity index (χ3v) is 2.98. The molecule has 2 unspecified atom stereocenters. The van der Waals surface area contributed by atoms with Crippen LogP contribution in [0.15, 0.2) is 18.3 Å². The molecule has 2 atom stereocenters. The number of aliphatic hydroxyl groups excluding tert-OH is 1. The Morgan fingerprint density at radius 3 is 3.00 bits per heavy atom. The van der Waals surface area contributed by atoms with Crippen LogP contribution in [0.25, 0.3) is 0 Å². The number of likely N-dealkylation sites (N-methyl/N-ethyl adjacent to an activating group) is 1. The largest absolute Gasteiger partial charge is 0.391 e. The smallest absolute Gasteiger partial charge is 0.165 e. The van der Waals surface area contributed by atoms with Crippen molar-refractivity contribution in [2.24, 2.45) is 0 Å². The molecule has 0 aliphatic carbocycles. The SMILES string of the molecule is CN(C)CC1CC(O)CN1c1ncccc1F. The van der Waals surface area contributed by atoms with Gasteiger partial charge in [0.1, 0.15) is 0 Å². The molecule has 2 heterocycles. The minimum atomic E-state index is -0.402. The van der Waals surface area contributed by atoms with Crippen LogP contribution in [0.4, 0.5) is 10.2 Å². The number of pyridine rings is 1. The molecule has 0 saturated carbocycles. The Bertz CT molecular complexity index is 386. The van der Waals surface area contributed by atoms with Gasteiger partial charge in [-0.3, -0.25) is 0 Å². The number of β-amino-alcohol motifs (C(OH)–C–C–N with tert-alkyl or cyclic N) is 1. The molecule has 1 aromatic heterocycles. The summed E-state index contributed by atoms with van der Waals surface area (Å²) in [7, 11) is 3.94. The first-order valence-corrected chi connectivity index (χ1v) is 5.78. The summed E-state index contributed by atoms with van der Waals surface area (Å²) in [6.45, 7) is 1.24. The molecule has 17 heavy (non-hydrogen) atoms. The van der Waals surface area contributed by atoms with Gasteiger partial charge in [-0.05, 0) is 32.6 Å². The summed E-state index contributed by atoms with van der Waals surface area (Å²) in [4.78, 5) is 7.97. The second-order valence-corrected chi connectivity index (χ2v) is 4.77. The maximum Gasteiger partial charge on any atom is 0.165 e. The minimum Gasteiger partial charge on any atom is -0.391 e. The molecule has 1 aliphatic heterocycles. The van der Waals surface area contributed by atoms with E-state index in [-0.39, 0.29) is 11.9 Å². The summed E-state index contributed by atoms with van der Waals surface area (Å²) in [6, 6.07) is 3.09.